The Kier molecular flexibility index (Phi) is 9.34. The number of ketones is 1. The van der Waals surface area contributed by atoms with Gasteiger partial charge in [-0.15, -0.1) is 0 Å². The van der Waals surface area contributed by atoms with Gasteiger partial charge < -0.3 is 15.4 Å². The van der Waals surface area contributed by atoms with Crippen LogP contribution >= 0.6 is 0 Å². The quantitative estimate of drug-likeness (QED) is 0.265. The van der Waals surface area contributed by atoms with E-state index in [1.807, 2.05) is 6.07 Å². The molecule has 4 rings (SSSR count). The molecule has 0 aliphatic carbocycles. The Labute approximate surface area is 252 Å². The predicted octanol–water partition coefficient (Wildman–Crippen LogP) is 2.79. The summed E-state index contributed by atoms with van der Waals surface area (Å²) >= 11 is 0. The topological polar surface area (TPSA) is 151 Å². The summed E-state index contributed by atoms with van der Waals surface area (Å²) in [5.41, 5.74) is 6.11. The summed E-state index contributed by atoms with van der Waals surface area (Å²) in [7, 11) is -4.68. The van der Waals surface area contributed by atoms with Crippen molar-refractivity contribution in [3.05, 3.63) is 76.4 Å². The lowest BCUT2D eigenvalue weighted by atomic mass is 9.80. The molecule has 1 unspecified atom stereocenters. The third-order valence-electron chi connectivity index (χ3n) is 7.74. The molecule has 14 heteroatoms. The van der Waals surface area contributed by atoms with Crippen LogP contribution in [0.15, 0.2) is 59.0 Å². The molecule has 0 saturated heterocycles. The van der Waals surface area contributed by atoms with Gasteiger partial charge in [-0.25, -0.2) is 13.2 Å². The van der Waals surface area contributed by atoms with Crippen molar-refractivity contribution >= 4 is 27.7 Å². The fraction of sp³-hybridized carbons (Fsp3) is 0.400. The summed E-state index contributed by atoms with van der Waals surface area (Å²) in [4.78, 5) is 40.0. The maximum Gasteiger partial charge on any atom is 0.471 e. The molecule has 0 aromatic heterocycles. The van der Waals surface area contributed by atoms with E-state index in [1.165, 1.54) is 31.2 Å². The molecule has 44 heavy (non-hydrogen) atoms. The standard InChI is InChI=1S/C30H31F3N4O6S/c1-3-43-28(40)29(26(38)25(35)14-20-5-4-6-21(13-20)17-34)16-19(2)9-12-37(29)44(41,42)24-8-7-22-10-11-36(18-23(22)15-24)27(39)30(31,32)33/h4-9,13,15,25H,3,10-12,14,16,18,35H2,1-2H3/t25?,29-/m1/s1. The van der Waals surface area contributed by atoms with Crippen molar-refractivity contribution in [1.29, 1.82) is 5.26 Å². The number of hydrogen-bond donors (Lipinski definition) is 1. The fourth-order valence-electron chi connectivity index (χ4n) is 5.59. The van der Waals surface area contributed by atoms with Gasteiger partial charge in [0.2, 0.25) is 10.0 Å². The number of esters is 1. The molecule has 2 aromatic carbocycles. The van der Waals surface area contributed by atoms with Crippen LogP contribution in [-0.4, -0.2) is 72.7 Å². The molecule has 0 bridgehead atoms. The normalized spacial score (nSPS) is 19.8. The zero-order valence-electron chi connectivity index (χ0n) is 24.1. The number of fused-ring (bicyclic) bond motifs is 1. The van der Waals surface area contributed by atoms with Crippen molar-refractivity contribution in [2.24, 2.45) is 5.73 Å². The van der Waals surface area contributed by atoms with Gasteiger partial charge in [-0.1, -0.05) is 29.8 Å². The van der Waals surface area contributed by atoms with Crippen LogP contribution in [0, 0.1) is 11.3 Å². The Morgan fingerprint density at radius 3 is 2.55 bits per heavy atom. The third kappa shape index (κ3) is 6.26. The van der Waals surface area contributed by atoms with Crippen molar-refractivity contribution in [3.8, 4) is 6.07 Å². The largest absolute Gasteiger partial charge is 0.471 e. The molecule has 10 nitrogen and oxygen atoms in total. The Balaban J connectivity index is 1.77. The van der Waals surface area contributed by atoms with Crippen molar-refractivity contribution in [2.75, 3.05) is 19.7 Å². The molecule has 0 saturated carbocycles. The maximum atomic E-state index is 14.2. The smallest absolute Gasteiger partial charge is 0.464 e. The maximum absolute atomic E-state index is 14.2. The zero-order chi connectivity index (χ0) is 32.4. The first-order valence-corrected chi connectivity index (χ1v) is 15.2. The first kappa shape index (κ1) is 32.8. The van der Waals surface area contributed by atoms with E-state index < -0.39 is 52.0 Å². The van der Waals surface area contributed by atoms with Gasteiger partial charge >= 0.3 is 18.1 Å². The van der Waals surface area contributed by atoms with Crippen molar-refractivity contribution in [1.82, 2.24) is 9.21 Å². The van der Waals surface area contributed by atoms with Crippen LogP contribution < -0.4 is 5.73 Å². The van der Waals surface area contributed by atoms with Gasteiger partial charge in [0.05, 0.1) is 29.2 Å². The van der Waals surface area contributed by atoms with Crippen molar-refractivity contribution in [2.45, 2.75) is 62.3 Å². The molecule has 2 aromatic rings. The molecular weight excluding hydrogens is 601 g/mol. The highest BCUT2D eigenvalue weighted by Crippen LogP contribution is 2.38. The number of nitrogens with zero attached hydrogens (tertiary/aromatic N) is 3. The van der Waals surface area contributed by atoms with E-state index >= 15 is 0 Å². The number of nitrogens with two attached hydrogens (primary N) is 1. The highest BCUT2D eigenvalue weighted by Gasteiger charge is 2.58. The Hall–Kier alpha value is -4.06. The summed E-state index contributed by atoms with van der Waals surface area (Å²) in [6.07, 6.45) is -3.90. The lowest BCUT2D eigenvalue weighted by Gasteiger charge is -2.43. The monoisotopic (exact) mass is 632 g/mol. The number of hydrogen-bond acceptors (Lipinski definition) is 8. The van der Waals surface area contributed by atoms with Gasteiger partial charge in [-0.2, -0.15) is 22.7 Å². The van der Waals surface area contributed by atoms with Crippen LogP contribution in [0.1, 0.15) is 42.5 Å². The minimum atomic E-state index is -5.09. The second kappa shape index (κ2) is 12.5. The van der Waals surface area contributed by atoms with Crippen LogP contribution in [0.4, 0.5) is 13.2 Å². The summed E-state index contributed by atoms with van der Waals surface area (Å²) in [6, 6.07) is 10.8. The summed E-state index contributed by atoms with van der Waals surface area (Å²) in [6.45, 7) is 1.94. The number of carbonyl (C=O) groups excluding carboxylic acids is 3. The van der Waals surface area contributed by atoms with E-state index in [2.05, 4.69) is 0 Å². The van der Waals surface area contributed by atoms with E-state index in [1.54, 1.807) is 31.2 Å². The van der Waals surface area contributed by atoms with Crippen LogP contribution in [0.3, 0.4) is 0 Å². The Bertz CT molecular complexity index is 1670. The molecule has 1 amide bonds. The molecule has 2 aliphatic rings. The van der Waals surface area contributed by atoms with Crippen molar-refractivity contribution in [3.63, 3.8) is 0 Å². The van der Waals surface area contributed by atoms with E-state index in [-0.39, 0.29) is 49.4 Å². The number of benzene rings is 2. The average molecular weight is 633 g/mol. The van der Waals surface area contributed by atoms with E-state index in [9.17, 15) is 41.2 Å². The van der Waals surface area contributed by atoms with Gasteiger partial charge in [0.15, 0.2) is 11.3 Å². The summed E-state index contributed by atoms with van der Waals surface area (Å²) in [5, 5.41) is 9.24. The number of Topliss-reactive ketones (excluding diaryl/α,β-unsaturated/α-hetero) is 1. The van der Waals surface area contributed by atoms with Crippen molar-refractivity contribution < 1.29 is 40.7 Å². The van der Waals surface area contributed by atoms with Gasteiger partial charge in [0, 0.05) is 26.1 Å². The molecule has 0 radical (unpaired) electrons. The first-order valence-electron chi connectivity index (χ1n) is 13.8. The van der Waals surface area contributed by atoms with Crippen LogP contribution in [0.5, 0.6) is 0 Å². The second-order valence-electron chi connectivity index (χ2n) is 10.7. The molecule has 2 N–H and O–H groups in total. The molecule has 2 aliphatic heterocycles. The van der Waals surface area contributed by atoms with E-state index in [0.29, 0.717) is 27.2 Å². The minimum Gasteiger partial charge on any atom is -0.464 e. The molecule has 0 fully saturated rings. The Morgan fingerprint density at radius 2 is 1.89 bits per heavy atom. The lowest BCUT2D eigenvalue weighted by Crippen LogP contribution is -2.67. The van der Waals surface area contributed by atoms with Crippen LogP contribution in [0.2, 0.25) is 0 Å². The summed E-state index contributed by atoms with van der Waals surface area (Å²) < 4.78 is 73.8. The summed E-state index contributed by atoms with van der Waals surface area (Å²) in [5.74, 6) is -4.05. The van der Waals surface area contributed by atoms with Crippen LogP contribution in [-0.2, 0) is 48.5 Å². The predicted molar refractivity (Wildman–Crippen MR) is 151 cm³/mol. The molecule has 2 heterocycles. The van der Waals surface area contributed by atoms with Gasteiger partial charge in [-0.05, 0) is 67.6 Å². The number of rotatable bonds is 8. The number of alkyl halides is 3. The number of halogens is 3. The SMILES string of the molecule is CCOC(=O)[C@]1(C(=O)C(N)Cc2cccc(C#N)c2)CC(C)=CCN1S(=O)(=O)c1ccc2c(c1)CN(C(=O)C(F)(F)F)CC2. The fourth-order valence-corrected chi connectivity index (χ4v) is 7.29. The number of ether oxygens (including phenoxy) is 1. The number of carbonyl (C=O) groups is 3. The highest BCUT2D eigenvalue weighted by atomic mass is 32.2. The first-order chi connectivity index (χ1) is 20.6. The third-order valence-corrected chi connectivity index (χ3v) is 9.63. The van der Waals surface area contributed by atoms with Gasteiger partial charge in [0.1, 0.15) is 0 Å². The van der Waals surface area contributed by atoms with Gasteiger partial charge in [0.25, 0.3) is 0 Å². The Morgan fingerprint density at radius 1 is 1.16 bits per heavy atom. The zero-order valence-corrected chi connectivity index (χ0v) is 24.9. The number of amides is 1. The van der Waals surface area contributed by atoms with Gasteiger partial charge in [-0.3, -0.25) is 9.59 Å². The van der Waals surface area contributed by atoms with Crippen LogP contribution in [0.25, 0.3) is 0 Å². The molecule has 2 atom stereocenters. The minimum absolute atomic E-state index is 0.0796. The number of sulfonamides is 1. The molecular formula is C30H31F3N4O6S. The molecule has 234 valence electrons. The average Bonchev–Trinajstić information content (AvgIpc) is 2.99. The highest BCUT2D eigenvalue weighted by molar-refractivity contribution is 7.89. The lowest BCUT2D eigenvalue weighted by molar-refractivity contribution is -0.186. The van der Waals surface area contributed by atoms with E-state index in [4.69, 9.17) is 10.5 Å². The number of nitriles is 1. The second-order valence-corrected chi connectivity index (χ2v) is 12.6. The van der Waals surface area contributed by atoms with E-state index in [0.717, 1.165) is 4.31 Å². The molecule has 0 spiro atoms.